The van der Waals surface area contributed by atoms with Crippen LogP contribution in [0.15, 0.2) is 34.7 Å². The lowest BCUT2D eigenvalue weighted by Gasteiger charge is -2.08. The number of thioether (sulfide) groups is 1. The quantitative estimate of drug-likeness (QED) is 0.586. The van der Waals surface area contributed by atoms with Crippen LogP contribution >= 0.6 is 23.1 Å². The molecule has 22 heavy (non-hydrogen) atoms. The van der Waals surface area contributed by atoms with Gasteiger partial charge in [0.25, 0.3) is 0 Å². The van der Waals surface area contributed by atoms with Crippen LogP contribution in [0.4, 0.5) is 5.13 Å². The van der Waals surface area contributed by atoms with Gasteiger partial charge >= 0.3 is 0 Å². The van der Waals surface area contributed by atoms with Crippen molar-refractivity contribution >= 4 is 28.2 Å². The van der Waals surface area contributed by atoms with Gasteiger partial charge in [-0.05, 0) is 31.2 Å². The lowest BCUT2D eigenvalue weighted by Crippen LogP contribution is -2.18. The monoisotopic (exact) mass is 335 g/mol. The molecule has 3 rings (SSSR count). The molecule has 0 bridgehead atoms. The molecule has 0 radical (unpaired) electrons. The normalized spacial score (nSPS) is 17.7. The number of rotatable bonds is 8. The van der Waals surface area contributed by atoms with E-state index >= 15 is 0 Å². The van der Waals surface area contributed by atoms with Crippen LogP contribution in [0.5, 0.6) is 0 Å². The Labute approximate surface area is 139 Å². The Morgan fingerprint density at radius 1 is 1.27 bits per heavy atom. The molecule has 1 atom stereocenters. The first-order valence-corrected chi connectivity index (χ1v) is 9.56. The maximum atomic E-state index is 5.59. The van der Waals surface area contributed by atoms with Crippen LogP contribution in [0.3, 0.4) is 0 Å². The third-order valence-electron chi connectivity index (χ3n) is 3.59. The molecule has 1 aromatic carbocycles. The first kappa shape index (κ1) is 15.8. The van der Waals surface area contributed by atoms with E-state index in [-0.39, 0.29) is 0 Å². The van der Waals surface area contributed by atoms with Crippen molar-refractivity contribution in [2.24, 2.45) is 0 Å². The first-order chi connectivity index (χ1) is 10.9. The Kier molecular flexibility index (Phi) is 6.10. The minimum Gasteiger partial charge on any atom is -0.376 e. The highest BCUT2D eigenvalue weighted by molar-refractivity contribution is 8.01. The number of hydrogen-bond donors (Lipinski definition) is 1. The van der Waals surface area contributed by atoms with Crippen LogP contribution in [0.1, 0.15) is 24.8 Å². The molecule has 2 heterocycles. The number of aryl methyl sites for hydroxylation is 1. The third-order valence-corrected chi connectivity index (χ3v) is 5.69. The highest BCUT2D eigenvalue weighted by atomic mass is 32.2. The lowest BCUT2D eigenvalue weighted by atomic mass is 10.1. The summed E-state index contributed by atoms with van der Waals surface area (Å²) in [7, 11) is 0. The van der Waals surface area contributed by atoms with Crippen LogP contribution < -0.4 is 5.32 Å². The van der Waals surface area contributed by atoms with Crippen LogP contribution in [-0.2, 0) is 11.2 Å². The van der Waals surface area contributed by atoms with Crippen molar-refractivity contribution in [3.05, 3.63) is 35.9 Å². The van der Waals surface area contributed by atoms with Gasteiger partial charge in [0.1, 0.15) is 0 Å². The highest BCUT2D eigenvalue weighted by Gasteiger charge is 2.15. The molecule has 1 aliphatic rings. The van der Waals surface area contributed by atoms with E-state index in [9.17, 15) is 0 Å². The molecule has 2 aromatic rings. The van der Waals surface area contributed by atoms with Crippen molar-refractivity contribution in [3.63, 3.8) is 0 Å². The Balaban J connectivity index is 1.34. The molecule has 1 saturated heterocycles. The fourth-order valence-corrected chi connectivity index (χ4v) is 4.20. The fraction of sp³-hybridized carbons (Fsp3) is 0.500. The summed E-state index contributed by atoms with van der Waals surface area (Å²) >= 11 is 3.43. The lowest BCUT2D eigenvalue weighted by molar-refractivity contribution is 0.120. The van der Waals surface area contributed by atoms with E-state index in [0.717, 1.165) is 47.6 Å². The van der Waals surface area contributed by atoms with Gasteiger partial charge in [0, 0.05) is 18.9 Å². The second-order valence-electron chi connectivity index (χ2n) is 5.33. The van der Waals surface area contributed by atoms with Crippen LogP contribution in [-0.4, -0.2) is 35.2 Å². The van der Waals surface area contributed by atoms with E-state index in [0.29, 0.717) is 6.10 Å². The molecule has 0 aliphatic carbocycles. The second-order valence-corrected chi connectivity index (χ2v) is 7.65. The Morgan fingerprint density at radius 3 is 3.00 bits per heavy atom. The molecule has 0 amide bonds. The molecular weight excluding hydrogens is 314 g/mol. The molecule has 118 valence electrons. The summed E-state index contributed by atoms with van der Waals surface area (Å²) in [6.45, 7) is 1.73. The zero-order valence-electron chi connectivity index (χ0n) is 12.5. The molecule has 0 spiro atoms. The van der Waals surface area contributed by atoms with Gasteiger partial charge in [-0.15, -0.1) is 10.2 Å². The average Bonchev–Trinajstić information content (AvgIpc) is 3.22. The van der Waals surface area contributed by atoms with E-state index < -0.39 is 0 Å². The third kappa shape index (κ3) is 4.97. The Hall–Kier alpha value is -1.11. The fourth-order valence-electron chi connectivity index (χ4n) is 2.43. The van der Waals surface area contributed by atoms with Crippen molar-refractivity contribution < 1.29 is 4.74 Å². The molecule has 1 aliphatic heterocycles. The minimum atomic E-state index is 0.339. The van der Waals surface area contributed by atoms with Gasteiger partial charge in [-0.25, -0.2) is 0 Å². The largest absolute Gasteiger partial charge is 0.376 e. The van der Waals surface area contributed by atoms with Crippen molar-refractivity contribution in [1.82, 2.24) is 10.2 Å². The van der Waals surface area contributed by atoms with Crippen molar-refractivity contribution in [2.75, 3.05) is 24.2 Å². The smallest absolute Gasteiger partial charge is 0.206 e. The van der Waals surface area contributed by atoms with Gasteiger partial charge in [-0.2, -0.15) is 0 Å². The van der Waals surface area contributed by atoms with E-state index in [1.165, 1.54) is 12.0 Å². The molecule has 4 nitrogen and oxygen atoms in total. The minimum absolute atomic E-state index is 0.339. The average molecular weight is 335 g/mol. The van der Waals surface area contributed by atoms with E-state index in [1.807, 2.05) is 0 Å². The predicted molar refractivity (Wildman–Crippen MR) is 92.9 cm³/mol. The highest BCUT2D eigenvalue weighted by Crippen LogP contribution is 2.26. The van der Waals surface area contributed by atoms with Gasteiger partial charge in [-0.3, -0.25) is 0 Å². The number of aromatic nitrogens is 2. The van der Waals surface area contributed by atoms with Gasteiger partial charge < -0.3 is 10.1 Å². The topological polar surface area (TPSA) is 47.0 Å². The Bertz CT molecular complexity index is 556. The molecule has 1 unspecified atom stereocenters. The first-order valence-electron chi connectivity index (χ1n) is 7.76. The summed E-state index contributed by atoms with van der Waals surface area (Å²) in [6, 6.07) is 10.6. The number of ether oxygens (including phenoxy) is 1. The summed E-state index contributed by atoms with van der Waals surface area (Å²) in [6.07, 6.45) is 4.94. The van der Waals surface area contributed by atoms with E-state index in [4.69, 9.17) is 4.74 Å². The summed E-state index contributed by atoms with van der Waals surface area (Å²) in [5.74, 6) is 1.08. The standard InChI is InChI=1S/C16H21N3OS2/c1-2-6-13(7-3-1)8-5-11-21-16-19-18-15(22-16)17-12-14-9-4-10-20-14/h1-3,6-7,14H,4-5,8-12H2,(H,17,18). The molecule has 0 saturated carbocycles. The SMILES string of the molecule is c1ccc(CCCSc2nnc(NCC3CCCO3)s2)cc1. The van der Waals surface area contributed by atoms with Gasteiger partial charge in [0.05, 0.1) is 6.10 Å². The molecular formula is C16H21N3OS2. The van der Waals surface area contributed by atoms with Crippen LogP contribution in [0.25, 0.3) is 0 Å². The summed E-state index contributed by atoms with van der Waals surface area (Å²) in [5, 5.41) is 12.7. The number of nitrogens with one attached hydrogen (secondary N) is 1. The van der Waals surface area contributed by atoms with Gasteiger partial charge in [-0.1, -0.05) is 53.4 Å². The van der Waals surface area contributed by atoms with E-state index in [1.54, 1.807) is 23.1 Å². The maximum Gasteiger partial charge on any atom is 0.206 e. The molecule has 1 aromatic heterocycles. The zero-order chi connectivity index (χ0) is 15.0. The maximum absolute atomic E-state index is 5.59. The Morgan fingerprint density at radius 2 is 2.18 bits per heavy atom. The zero-order valence-corrected chi connectivity index (χ0v) is 14.2. The summed E-state index contributed by atoms with van der Waals surface area (Å²) in [5.41, 5.74) is 1.40. The van der Waals surface area contributed by atoms with Crippen molar-refractivity contribution in [2.45, 2.75) is 36.1 Å². The van der Waals surface area contributed by atoms with Gasteiger partial charge in [0.2, 0.25) is 5.13 Å². The number of benzene rings is 1. The van der Waals surface area contributed by atoms with Gasteiger partial charge in [0.15, 0.2) is 4.34 Å². The number of anilines is 1. The number of hydrogen-bond acceptors (Lipinski definition) is 6. The molecule has 1 fully saturated rings. The second kappa shape index (κ2) is 8.50. The predicted octanol–water partition coefficient (Wildman–Crippen LogP) is 3.85. The molecule has 1 N–H and O–H groups in total. The molecule has 6 heteroatoms. The number of nitrogens with zero attached hydrogens (tertiary/aromatic N) is 2. The summed E-state index contributed by atoms with van der Waals surface area (Å²) in [4.78, 5) is 0. The van der Waals surface area contributed by atoms with Crippen LogP contribution in [0, 0.1) is 0 Å². The van der Waals surface area contributed by atoms with Crippen LogP contribution in [0.2, 0.25) is 0 Å². The van der Waals surface area contributed by atoms with Crippen molar-refractivity contribution in [1.29, 1.82) is 0 Å². The van der Waals surface area contributed by atoms with E-state index in [2.05, 4.69) is 45.8 Å². The van der Waals surface area contributed by atoms with Crippen molar-refractivity contribution in [3.8, 4) is 0 Å². The summed E-state index contributed by atoms with van der Waals surface area (Å²) < 4.78 is 6.64.